The minimum absolute atomic E-state index is 0.735. The van der Waals surface area contributed by atoms with Gasteiger partial charge in [0.1, 0.15) is 0 Å². The summed E-state index contributed by atoms with van der Waals surface area (Å²) in [5.74, 6) is 2.46. The highest BCUT2D eigenvalue weighted by molar-refractivity contribution is 5.48. The summed E-state index contributed by atoms with van der Waals surface area (Å²) in [6, 6.07) is 14.5. The molecule has 0 fully saturated rings. The quantitative estimate of drug-likeness (QED) is 0.555. The molecule has 160 valence electrons. The second kappa shape index (κ2) is 11.0. The number of benzene rings is 2. The number of nitriles is 1. The molecule has 1 atom stereocenters. The van der Waals surface area contributed by atoms with E-state index in [4.69, 9.17) is 14.7 Å². The van der Waals surface area contributed by atoms with Crippen molar-refractivity contribution in [2.75, 3.05) is 34.4 Å². The number of hydrogen-bond acceptors (Lipinski definition) is 4. The molecule has 0 spiro atoms. The van der Waals surface area contributed by atoms with Gasteiger partial charge in [-0.05, 0) is 112 Å². The van der Waals surface area contributed by atoms with Gasteiger partial charge in [-0.3, -0.25) is 0 Å². The van der Waals surface area contributed by atoms with Gasteiger partial charge in [-0.15, -0.1) is 0 Å². The standard InChI is InChI=1S/C26H34N2O2/c1-28(14-4-6-20-8-10-22(19-27)11-9-20)15-5-7-21-12-13-23-17-25(29-2)26(30-3)18-24(23)16-21/h8-11,17-18,21H,4-7,12-16H2,1-3H3. The molecular weight excluding hydrogens is 372 g/mol. The smallest absolute Gasteiger partial charge is 0.161 e. The third-order valence-corrected chi connectivity index (χ3v) is 6.28. The van der Waals surface area contributed by atoms with Crippen LogP contribution in [0.15, 0.2) is 36.4 Å². The summed E-state index contributed by atoms with van der Waals surface area (Å²) in [6.07, 6.45) is 8.32. The Hall–Kier alpha value is -2.51. The summed E-state index contributed by atoms with van der Waals surface area (Å²) < 4.78 is 10.9. The molecule has 0 saturated heterocycles. The molecule has 1 aliphatic rings. The zero-order valence-electron chi connectivity index (χ0n) is 18.6. The summed E-state index contributed by atoms with van der Waals surface area (Å²) in [6.45, 7) is 2.27. The van der Waals surface area contributed by atoms with Gasteiger partial charge in [0, 0.05) is 0 Å². The fourth-order valence-electron chi connectivity index (χ4n) is 4.47. The predicted octanol–water partition coefficient (Wildman–Crippen LogP) is 5.03. The second-order valence-electron chi connectivity index (χ2n) is 8.44. The first-order valence-corrected chi connectivity index (χ1v) is 11.0. The van der Waals surface area contributed by atoms with Crippen molar-refractivity contribution in [2.24, 2.45) is 5.92 Å². The van der Waals surface area contributed by atoms with Gasteiger partial charge >= 0.3 is 0 Å². The molecule has 1 unspecified atom stereocenters. The van der Waals surface area contributed by atoms with Crippen molar-refractivity contribution in [3.63, 3.8) is 0 Å². The molecule has 4 nitrogen and oxygen atoms in total. The minimum Gasteiger partial charge on any atom is -0.493 e. The van der Waals surface area contributed by atoms with Gasteiger partial charge < -0.3 is 14.4 Å². The molecule has 0 N–H and O–H groups in total. The Labute approximate surface area is 181 Å². The van der Waals surface area contributed by atoms with Crippen LogP contribution in [0.3, 0.4) is 0 Å². The Morgan fingerprint density at radius 3 is 2.33 bits per heavy atom. The van der Waals surface area contributed by atoms with Crippen LogP contribution in [0.5, 0.6) is 11.5 Å². The number of fused-ring (bicyclic) bond motifs is 1. The molecule has 0 aromatic heterocycles. The highest BCUT2D eigenvalue weighted by atomic mass is 16.5. The normalized spacial score (nSPS) is 15.5. The van der Waals surface area contributed by atoms with Crippen LogP contribution < -0.4 is 9.47 Å². The van der Waals surface area contributed by atoms with E-state index in [0.717, 1.165) is 61.8 Å². The van der Waals surface area contributed by atoms with Crippen LogP contribution >= 0.6 is 0 Å². The third-order valence-electron chi connectivity index (χ3n) is 6.28. The van der Waals surface area contributed by atoms with Gasteiger partial charge in [-0.1, -0.05) is 12.1 Å². The van der Waals surface area contributed by atoms with Gasteiger partial charge in [-0.2, -0.15) is 5.26 Å². The van der Waals surface area contributed by atoms with E-state index in [1.807, 2.05) is 12.1 Å². The fourth-order valence-corrected chi connectivity index (χ4v) is 4.47. The van der Waals surface area contributed by atoms with Gasteiger partial charge in [0.05, 0.1) is 25.9 Å². The van der Waals surface area contributed by atoms with Gasteiger partial charge in [0.25, 0.3) is 0 Å². The average Bonchev–Trinajstić information content (AvgIpc) is 2.78. The van der Waals surface area contributed by atoms with Crippen molar-refractivity contribution in [3.05, 3.63) is 58.7 Å². The first-order chi connectivity index (χ1) is 14.6. The molecule has 2 aromatic carbocycles. The van der Waals surface area contributed by atoms with Crippen LogP contribution in [0.25, 0.3) is 0 Å². The molecule has 3 rings (SSSR count). The van der Waals surface area contributed by atoms with Crippen LogP contribution in [-0.4, -0.2) is 39.3 Å². The third kappa shape index (κ3) is 6.00. The SMILES string of the molecule is COc1cc2c(cc1OC)CC(CCCN(C)CCCc1ccc(C#N)cc1)CC2. The highest BCUT2D eigenvalue weighted by Gasteiger charge is 2.21. The summed E-state index contributed by atoms with van der Waals surface area (Å²) >= 11 is 0. The molecular formula is C26H34N2O2. The van der Waals surface area contributed by atoms with Crippen molar-refractivity contribution >= 4 is 0 Å². The lowest BCUT2D eigenvalue weighted by Crippen LogP contribution is -2.23. The van der Waals surface area contributed by atoms with E-state index in [0.29, 0.717) is 0 Å². The second-order valence-corrected chi connectivity index (χ2v) is 8.44. The van der Waals surface area contributed by atoms with Crippen molar-refractivity contribution < 1.29 is 9.47 Å². The zero-order chi connectivity index (χ0) is 21.3. The van der Waals surface area contributed by atoms with Crippen LogP contribution in [0.1, 0.15) is 47.9 Å². The monoisotopic (exact) mass is 406 g/mol. The summed E-state index contributed by atoms with van der Waals surface area (Å²) in [5.41, 5.74) is 4.90. The molecule has 4 heteroatoms. The van der Waals surface area contributed by atoms with Gasteiger partial charge in [0.15, 0.2) is 11.5 Å². The maximum absolute atomic E-state index is 8.88. The van der Waals surface area contributed by atoms with Crippen LogP contribution in [-0.2, 0) is 19.3 Å². The van der Waals surface area contributed by atoms with Crippen molar-refractivity contribution in [3.8, 4) is 17.6 Å². The van der Waals surface area contributed by atoms with Crippen molar-refractivity contribution in [2.45, 2.75) is 44.9 Å². The predicted molar refractivity (Wildman–Crippen MR) is 121 cm³/mol. The van der Waals surface area contributed by atoms with E-state index in [9.17, 15) is 0 Å². The maximum Gasteiger partial charge on any atom is 0.161 e. The summed E-state index contributed by atoms with van der Waals surface area (Å²) in [7, 11) is 5.64. The Bertz CT molecular complexity index is 855. The lowest BCUT2D eigenvalue weighted by atomic mass is 9.81. The van der Waals surface area contributed by atoms with Crippen LogP contribution in [0.4, 0.5) is 0 Å². The van der Waals surface area contributed by atoms with Gasteiger partial charge in [0.2, 0.25) is 0 Å². The molecule has 0 radical (unpaired) electrons. The van der Waals surface area contributed by atoms with Crippen molar-refractivity contribution in [1.29, 1.82) is 5.26 Å². The molecule has 0 aliphatic heterocycles. The van der Waals surface area contributed by atoms with Crippen molar-refractivity contribution in [1.82, 2.24) is 4.90 Å². The topological polar surface area (TPSA) is 45.5 Å². The van der Waals surface area contributed by atoms with E-state index in [1.165, 1.54) is 36.0 Å². The van der Waals surface area contributed by atoms with E-state index in [-0.39, 0.29) is 0 Å². The molecule has 2 aromatic rings. The first-order valence-electron chi connectivity index (χ1n) is 11.0. The number of nitrogens with zero attached hydrogens (tertiary/aromatic N) is 2. The van der Waals surface area contributed by atoms with E-state index < -0.39 is 0 Å². The first kappa shape index (κ1) is 22.2. The van der Waals surface area contributed by atoms with Crippen LogP contribution in [0.2, 0.25) is 0 Å². The number of methoxy groups -OCH3 is 2. The molecule has 30 heavy (non-hydrogen) atoms. The maximum atomic E-state index is 8.88. The Kier molecular flexibility index (Phi) is 8.16. The number of ether oxygens (including phenoxy) is 2. The summed E-state index contributed by atoms with van der Waals surface area (Å²) in [4.78, 5) is 2.45. The molecule has 0 bridgehead atoms. The van der Waals surface area contributed by atoms with Crippen LogP contribution in [0, 0.1) is 17.2 Å². The Morgan fingerprint density at radius 2 is 1.67 bits per heavy atom. The van der Waals surface area contributed by atoms with Gasteiger partial charge in [-0.25, -0.2) is 0 Å². The molecule has 1 aliphatic carbocycles. The fraction of sp³-hybridized carbons (Fsp3) is 0.500. The molecule has 0 amide bonds. The minimum atomic E-state index is 0.735. The number of rotatable bonds is 10. The highest BCUT2D eigenvalue weighted by Crippen LogP contribution is 2.36. The number of aryl methyl sites for hydroxylation is 2. The molecule has 0 heterocycles. The lowest BCUT2D eigenvalue weighted by Gasteiger charge is -2.26. The summed E-state index contributed by atoms with van der Waals surface area (Å²) in [5, 5.41) is 8.88. The Morgan fingerprint density at radius 1 is 1.00 bits per heavy atom. The Balaban J connectivity index is 1.37. The lowest BCUT2D eigenvalue weighted by molar-refractivity contribution is 0.301. The van der Waals surface area contributed by atoms with E-state index in [1.54, 1.807) is 14.2 Å². The molecule has 0 saturated carbocycles. The number of hydrogen-bond donors (Lipinski definition) is 0. The van der Waals surface area contributed by atoms with E-state index in [2.05, 4.69) is 42.3 Å². The zero-order valence-corrected chi connectivity index (χ0v) is 18.6. The average molecular weight is 407 g/mol. The van der Waals surface area contributed by atoms with E-state index >= 15 is 0 Å². The largest absolute Gasteiger partial charge is 0.493 e.